The fraction of sp³-hybridized carbons (Fsp3) is 1.00. The van der Waals surface area contributed by atoms with Gasteiger partial charge >= 0.3 is 8.56 Å². The molecule has 1 N–H and O–H groups in total. The molecule has 0 aliphatic rings. The number of rotatable bonds is 6. The van der Waals surface area contributed by atoms with Gasteiger partial charge in [-0.2, -0.15) is 0 Å². The zero-order chi connectivity index (χ0) is 20.4. The molecule has 0 radical (unpaired) electrons. The molecule has 0 rings (SSSR count). The van der Waals surface area contributed by atoms with Gasteiger partial charge < -0.3 is 17.1 Å². The molecule has 0 atom stereocenters. The Kier molecular flexibility index (Phi) is 19.1. The lowest BCUT2D eigenvalue weighted by atomic mass is 11.8. The van der Waals surface area contributed by atoms with Crippen molar-refractivity contribution in [2.45, 2.75) is 99.1 Å². The summed E-state index contributed by atoms with van der Waals surface area (Å²) in [6.07, 6.45) is 0. The van der Waals surface area contributed by atoms with Crippen LogP contribution in [-0.4, -0.2) is 57.1 Å². The van der Waals surface area contributed by atoms with Gasteiger partial charge in [0.1, 0.15) is 9.76 Å². The molecule has 25 heavy (non-hydrogen) atoms. The van der Waals surface area contributed by atoms with Crippen molar-refractivity contribution in [2.24, 2.45) is 0 Å². The molecule has 10 heteroatoms. The summed E-state index contributed by atoms with van der Waals surface area (Å²) >= 11 is 0. The third kappa shape index (κ3) is 45.8. The molecule has 0 aromatic heterocycles. The van der Waals surface area contributed by atoms with Crippen LogP contribution < -0.4 is 0 Å². The average molecular weight is 463 g/mol. The highest BCUT2D eigenvalue weighted by atomic mass is 28.5. The first kappa shape index (κ1) is 33.7. The fourth-order valence-corrected chi connectivity index (χ4v) is 17.7. The molecule has 0 aromatic rings. The lowest BCUT2D eigenvalue weighted by Crippen LogP contribution is -2.50. The first-order valence-electron chi connectivity index (χ1n) is 8.93. The van der Waals surface area contributed by atoms with Crippen molar-refractivity contribution in [1.29, 1.82) is 0 Å². The highest BCUT2D eigenvalue weighted by Gasteiger charge is 2.35. The maximum absolute atomic E-state index is 8.19. The average Bonchev–Trinajstić information content (AvgIpc) is 2.04. The molecule has 0 unspecified atom stereocenters. The molecular formula is C15H50O4Si6. The van der Waals surface area contributed by atoms with Gasteiger partial charge in [-0.15, -0.1) is 0 Å². The first-order chi connectivity index (χ1) is 10.2. The van der Waals surface area contributed by atoms with Crippen LogP contribution in [0.3, 0.4) is 0 Å². The summed E-state index contributed by atoms with van der Waals surface area (Å²) in [7, 11) is -7.08. The van der Waals surface area contributed by atoms with Gasteiger partial charge in [-0.3, -0.25) is 0 Å². The maximum Gasteiger partial charge on any atom is 0.311 e. The van der Waals surface area contributed by atoms with Gasteiger partial charge in [-0.1, -0.05) is 14.0 Å². The summed E-state index contributed by atoms with van der Waals surface area (Å²) in [5, 5.41) is 0. The summed E-state index contributed by atoms with van der Waals surface area (Å²) in [6.45, 7) is 30.2. The second-order valence-corrected chi connectivity index (χ2v) is 30.5. The monoisotopic (exact) mass is 462 g/mol. The molecule has 0 fully saturated rings. The lowest BCUT2D eigenvalue weighted by Gasteiger charge is -2.35. The summed E-state index contributed by atoms with van der Waals surface area (Å²) in [5.41, 5.74) is 0. The minimum absolute atomic E-state index is 0. The second kappa shape index (κ2) is 14.2. The minimum Gasteiger partial charge on any atom is -0.461 e. The third-order valence-corrected chi connectivity index (χ3v) is 15.1. The summed E-state index contributed by atoms with van der Waals surface area (Å²) in [6, 6.07) is 0. The second-order valence-electron chi connectivity index (χ2n) is 9.47. The predicted octanol–water partition coefficient (Wildman–Crippen LogP) is 4.96. The molecule has 0 aliphatic heterocycles. The van der Waals surface area contributed by atoms with Crippen LogP contribution in [0.5, 0.6) is 0 Å². The van der Waals surface area contributed by atoms with Gasteiger partial charge in [0.15, 0.2) is 34.0 Å². The molecule has 0 aromatic carbocycles. The van der Waals surface area contributed by atoms with Crippen LogP contribution in [0, 0.1) is 0 Å². The van der Waals surface area contributed by atoms with Gasteiger partial charge in [0.2, 0.25) is 0 Å². The molecule has 0 aliphatic carbocycles. The van der Waals surface area contributed by atoms with E-state index in [1.807, 2.05) is 13.1 Å². The van der Waals surface area contributed by atoms with Gasteiger partial charge in [-0.05, 0) is 85.1 Å². The molecular weight excluding hydrogens is 413 g/mol. The van der Waals surface area contributed by atoms with Crippen molar-refractivity contribution >= 4 is 52.3 Å². The Morgan fingerprint density at radius 3 is 1.00 bits per heavy atom. The largest absolute Gasteiger partial charge is 0.461 e. The minimum atomic E-state index is -1.85. The van der Waals surface area contributed by atoms with Gasteiger partial charge in [0, 0.05) is 0 Å². The highest BCUT2D eigenvalue weighted by Crippen LogP contribution is 2.19. The van der Waals surface area contributed by atoms with Crippen LogP contribution in [0.2, 0.25) is 91.7 Å². The quantitative estimate of drug-likeness (QED) is 0.567. The Morgan fingerprint density at radius 2 is 0.920 bits per heavy atom. The Labute approximate surface area is 168 Å². The van der Waals surface area contributed by atoms with E-state index < -0.39 is 42.6 Å². The van der Waals surface area contributed by atoms with Crippen molar-refractivity contribution < 1.29 is 17.1 Å². The summed E-state index contributed by atoms with van der Waals surface area (Å²) in [5.74, 6) is 0. The molecule has 158 valence electrons. The van der Waals surface area contributed by atoms with Crippen molar-refractivity contribution in [2.75, 3.05) is 0 Å². The van der Waals surface area contributed by atoms with E-state index in [1.165, 1.54) is 0 Å². The lowest BCUT2D eigenvalue weighted by molar-refractivity contribution is 0.395. The Hall–Kier alpha value is 1.14. The molecule has 0 heterocycles. The van der Waals surface area contributed by atoms with E-state index in [1.54, 1.807) is 0 Å². The first-order valence-corrected chi connectivity index (χ1v) is 26.8. The van der Waals surface area contributed by atoms with E-state index in [2.05, 4.69) is 78.6 Å². The smallest absolute Gasteiger partial charge is 0.311 e. The molecule has 0 saturated carbocycles. The van der Waals surface area contributed by atoms with Crippen LogP contribution in [0.4, 0.5) is 0 Å². The number of hydrogen-bond acceptors (Lipinski definition) is 4. The predicted molar refractivity (Wildman–Crippen MR) is 133 cm³/mol. The molecule has 0 bridgehead atoms. The van der Waals surface area contributed by atoms with Gasteiger partial charge in [0.05, 0.1) is 0 Å². The van der Waals surface area contributed by atoms with E-state index >= 15 is 0 Å². The summed E-state index contributed by atoms with van der Waals surface area (Å²) < 4.78 is 17.7. The highest BCUT2D eigenvalue weighted by molar-refractivity contribution is 6.87. The van der Waals surface area contributed by atoms with Crippen LogP contribution in [0.1, 0.15) is 7.43 Å². The van der Waals surface area contributed by atoms with Crippen molar-refractivity contribution in [1.82, 2.24) is 0 Å². The Balaban J connectivity index is -0.000000155. The molecule has 0 saturated heterocycles. The van der Waals surface area contributed by atoms with Crippen molar-refractivity contribution in [3.8, 4) is 0 Å². The van der Waals surface area contributed by atoms with Crippen LogP contribution >= 0.6 is 0 Å². The molecule has 0 amide bonds. The summed E-state index contributed by atoms with van der Waals surface area (Å²) in [4.78, 5) is 8.19. The molecule has 0 spiro atoms. The van der Waals surface area contributed by atoms with Crippen LogP contribution in [0.25, 0.3) is 0 Å². The maximum atomic E-state index is 8.19. The number of hydrogen-bond donors (Lipinski definition) is 1. The van der Waals surface area contributed by atoms with E-state index in [0.29, 0.717) is 0 Å². The van der Waals surface area contributed by atoms with Crippen molar-refractivity contribution in [3.63, 3.8) is 0 Å². The normalized spacial score (nSPS) is 13.0. The van der Waals surface area contributed by atoms with Gasteiger partial charge in [0.25, 0.3) is 0 Å². The van der Waals surface area contributed by atoms with E-state index in [4.69, 9.17) is 17.1 Å². The Morgan fingerprint density at radius 1 is 0.680 bits per heavy atom. The zero-order valence-corrected chi connectivity index (χ0v) is 25.5. The van der Waals surface area contributed by atoms with Crippen LogP contribution in [0.15, 0.2) is 0 Å². The van der Waals surface area contributed by atoms with E-state index in [0.717, 1.165) is 0 Å². The van der Waals surface area contributed by atoms with Crippen molar-refractivity contribution in [3.05, 3.63) is 0 Å². The fourth-order valence-electron chi connectivity index (χ4n) is 1.93. The van der Waals surface area contributed by atoms with E-state index in [-0.39, 0.29) is 17.2 Å². The van der Waals surface area contributed by atoms with E-state index in [9.17, 15) is 0 Å². The third-order valence-electron chi connectivity index (χ3n) is 1.68. The standard InChI is InChI=1S/C8H24O2Si3.C4H14OSi2.C2H8OSi.CH4/c1-11(2,3)9-13(7,8)10-12(4,5)6;1-6-5-7(2,3)4;1-4(2)3;/h1-8H3;6H2,1-4H3;3-4H,1-2H3;1H4. The van der Waals surface area contributed by atoms with Crippen LogP contribution in [-0.2, 0) is 12.3 Å². The molecule has 4 nitrogen and oxygen atoms in total. The topological polar surface area (TPSA) is 47.9 Å². The Bertz CT molecular complexity index is 286. The zero-order valence-electron chi connectivity index (χ0n) is 19.0. The van der Waals surface area contributed by atoms with Gasteiger partial charge in [-0.25, -0.2) is 0 Å². The SMILES string of the molecule is C.C[SiH2]O[Si](C)(C)C.C[SiH](C)O.C[Si](C)(C)O[Si](C)(C)O[Si](C)(C)C.